The van der Waals surface area contributed by atoms with E-state index in [4.69, 9.17) is 10.5 Å². The number of aromatic nitrogens is 1. The second kappa shape index (κ2) is 7.63. The minimum atomic E-state index is -0.172. The summed E-state index contributed by atoms with van der Waals surface area (Å²) in [5.74, 6) is 0.693. The molecule has 0 aliphatic carbocycles. The average molecular weight is 346 g/mol. The number of rotatable bonds is 6. The molecule has 6 nitrogen and oxygen atoms in total. The van der Waals surface area contributed by atoms with Gasteiger partial charge in [0.2, 0.25) is 5.91 Å². The van der Waals surface area contributed by atoms with Gasteiger partial charge in [0.1, 0.15) is 5.75 Å². The predicted octanol–water partition coefficient (Wildman–Crippen LogP) is 2.59. The van der Waals surface area contributed by atoms with Crippen molar-refractivity contribution in [2.75, 3.05) is 25.5 Å². The van der Waals surface area contributed by atoms with Crippen LogP contribution in [0.3, 0.4) is 0 Å². The zero-order valence-electron chi connectivity index (χ0n) is 13.7. The van der Waals surface area contributed by atoms with E-state index in [1.54, 1.807) is 18.4 Å². The van der Waals surface area contributed by atoms with Crippen LogP contribution >= 0.6 is 11.3 Å². The van der Waals surface area contributed by atoms with Crippen molar-refractivity contribution in [3.63, 3.8) is 0 Å². The maximum Gasteiger partial charge on any atom is 0.220 e. The smallest absolute Gasteiger partial charge is 0.220 e. The van der Waals surface area contributed by atoms with E-state index in [1.165, 1.54) is 0 Å². The van der Waals surface area contributed by atoms with Crippen molar-refractivity contribution in [1.29, 1.82) is 0 Å². The van der Waals surface area contributed by atoms with Crippen molar-refractivity contribution in [1.82, 2.24) is 9.88 Å². The number of carbonyl (C=O) groups excluding carboxylic acids is 1. The Bertz CT molecular complexity index is 678. The molecule has 0 unspecified atom stereocenters. The topological polar surface area (TPSA) is 80.5 Å². The molecule has 3 N–H and O–H groups in total. The Morgan fingerprint density at radius 1 is 1.38 bits per heavy atom. The van der Waals surface area contributed by atoms with Gasteiger partial charge in [-0.05, 0) is 50.2 Å². The maximum atomic E-state index is 11.2. The predicted molar refractivity (Wildman–Crippen MR) is 95.6 cm³/mol. The molecule has 0 atom stereocenters. The highest BCUT2D eigenvalue weighted by atomic mass is 32.1. The Kier molecular flexibility index (Phi) is 5.32. The van der Waals surface area contributed by atoms with Gasteiger partial charge in [0, 0.05) is 23.5 Å². The first-order chi connectivity index (χ1) is 11.6. The fourth-order valence-corrected chi connectivity index (χ4v) is 3.56. The molecule has 1 fully saturated rings. The van der Waals surface area contributed by atoms with Gasteiger partial charge in [0.25, 0.3) is 0 Å². The van der Waals surface area contributed by atoms with E-state index >= 15 is 0 Å². The van der Waals surface area contributed by atoms with Gasteiger partial charge in [0.05, 0.1) is 12.8 Å². The van der Waals surface area contributed by atoms with Gasteiger partial charge >= 0.3 is 0 Å². The van der Waals surface area contributed by atoms with Crippen LogP contribution in [0.1, 0.15) is 18.5 Å². The molecule has 1 amide bonds. The Balaban J connectivity index is 1.53. The number of nitrogens with zero attached hydrogens (tertiary/aromatic N) is 2. The van der Waals surface area contributed by atoms with Gasteiger partial charge in [0.15, 0.2) is 5.13 Å². The lowest BCUT2D eigenvalue weighted by Crippen LogP contribution is -2.38. The van der Waals surface area contributed by atoms with Gasteiger partial charge in [-0.3, -0.25) is 9.69 Å². The second-order valence-corrected chi connectivity index (χ2v) is 6.81. The number of nitrogens with two attached hydrogens (primary N) is 1. The Morgan fingerprint density at radius 2 is 2.08 bits per heavy atom. The summed E-state index contributed by atoms with van der Waals surface area (Å²) >= 11 is 1.59. The third-order valence-corrected chi connectivity index (χ3v) is 5.08. The fourth-order valence-electron chi connectivity index (χ4n) is 2.84. The third kappa shape index (κ3) is 4.24. The summed E-state index contributed by atoms with van der Waals surface area (Å²) in [6, 6.07) is 7.77. The number of likely N-dealkylation sites (tertiary alicyclic amines) is 1. The van der Waals surface area contributed by atoms with Crippen molar-refractivity contribution in [2.45, 2.75) is 19.4 Å². The molecule has 2 heterocycles. The van der Waals surface area contributed by atoms with Crippen LogP contribution in [0.4, 0.5) is 10.8 Å². The molecule has 1 aliphatic rings. The third-order valence-electron chi connectivity index (χ3n) is 4.27. The molecule has 2 aromatic rings. The van der Waals surface area contributed by atoms with Gasteiger partial charge < -0.3 is 15.8 Å². The van der Waals surface area contributed by atoms with E-state index in [9.17, 15) is 4.79 Å². The fraction of sp³-hybridized carbons (Fsp3) is 0.412. The summed E-state index contributed by atoms with van der Waals surface area (Å²) in [6.07, 6.45) is 1.69. The highest BCUT2D eigenvalue weighted by Crippen LogP contribution is 2.24. The standard InChI is InChI=1S/C17H22N4O2S/c1-23-15-4-2-13(3-5-15)19-17-20-14(11-24-17)10-21-8-6-12(7-9-21)16(18)22/h2-5,11-12H,6-10H2,1H3,(H2,18,22)(H,19,20). The number of anilines is 2. The Labute approximate surface area is 145 Å². The van der Waals surface area contributed by atoms with Crippen LogP contribution in [0.25, 0.3) is 0 Å². The summed E-state index contributed by atoms with van der Waals surface area (Å²) in [7, 11) is 1.65. The van der Waals surface area contributed by atoms with Crippen LogP contribution in [0, 0.1) is 5.92 Å². The van der Waals surface area contributed by atoms with Gasteiger partial charge in [-0.15, -0.1) is 11.3 Å². The van der Waals surface area contributed by atoms with Crippen LogP contribution in [0.2, 0.25) is 0 Å². The number of methoxy groups -OCH3 is 1. The molecule has 0 saturated carbocycles. The quantitative estimate of drug-likeness (QED) is 0.840. The van der Waals surface area contributed by atoms with Crippen LogP contribution in [0.5, 0.6) is 5.75 Å². The summed E-state index contributed by atoms with van der Waals surface area (Å²) in [6.45, 7) is 2.60. The molecule has 3 rings (SSSR count). The molecular weight excluding hydrogens is 324 g/mol. The molecular formula is C17H22N4O2S. The SMILES string of the molecule is COc1ccc(Nc2nc(CN3CCC(C(N)=O)CC3)cs2)cc1. The molecule has 1 saturated heterocycles. The van der Waals surface area contributed by atoms with Crippen LogP contribution < -0.4 is 15.8 Å². The number of piperidine rings is 1. The molecule has 1 aliphatic heterocycles. The second-order valence-electron chi connectivity index (χ2n) is 5.95. The number of primary amides is 1. The van der Waals surface area contributed by atoms with Crippen molar-refractivity contribution in [3.8, 4) is 5.75 Å². The van der Waals surface area contributed by atoms with E-state index in [0.717, 1.165) is 54.7 Å². The highest BCUT2D eigenvalue weighted by molar-refractivity contribution is 7.13. The van der Waals surface area contributed by atoms with E-state index in [2.05, 4.69) is 20.6 Å². The molecule has 24 heavy (non-hydrogen) atoms. The molecule has 1 aromatic heterocycles. The summed E-state index contributed by atoms with van der Waals surface area (Å²) in [4.78, 5) is 18.2. The number of thiazole rings is 1. The average Bonchev–Trinajstić information content (AvgIpc) is 3.03. The van der Waals surface area contributed by atoms with Crippen molar-refractivity contribution < 1.29 is 9.53 Å². The van der Waals surface area contributed by atoms with Crippen molar-refractivity contribution in [2.24, 2.45) is 11.7 Å². The molecule has 128 valence electrons. The largest absolute Gasteiger partial charge is 0.497 e. The number of nitrogens with one attached hydrogen (secondary N) is 1. The number of hydrogen-bond donors (Lipinski definition) is 2. The molecule has 0 spiro atoms. The van der Waals surface area contributed by atoms with Crippen molar-refractivity contribution in [3.05, 3.63) is 35.3 Å². The van der Waals surface area contributed by atoms with Crippen LogP contribution in [-0.4, -0.2) is 36.0 Å². The van der Waals surface area contributed by atoms with Gasteiger partial charge in [-0.25, -0.2) is 4.98 Å². The van der Waals surface area contributed by atoms with E-state index in [1.807, 2.05) is 24.3 Å². The van der Waals surface area contributed by atoms with Crippen molar-refractivity contribution >= 4 is 28.1 Å². The molecule has 7 heteroatoms. The van der Waals surface area contributed by atoms with Gasteiger partial charge in [-0.2, -0.15) is 0 Å². The zero-order valence-corrected chi connectivity index (χ0v) is 14.5. The molecule has 1 aromatic carbocycles. The molecule has 0 radical (unpaired) electrons. The number of amides is 1. The minimum absolute atomic E-state index is 0.0315. The number of ether oxygens (including phenoxy) is 1. The lowest BCUT2D eigenvalue weighted by atomic mass is 9.96. The first-order valence-electron chi connectivity index (χ1n) is 8.01. The number of hydrogen-bond acceptors (Lipinski definition) is 6. The van der Waals surface area contributed by atoms with E-state index < -0.39 is 0 Å². The normalized spacial score (nSPS) is 16.0. The lowest BCUT2D eigenvalue weighted by molar-refractivity contribution is -0.123. The highest BCUT2D eigenvalue weighted by Gasteiger charge is 2.23. The van der Waals surface area contributed by atoms with Crippen LogP contribution in [0.15, 0.2) is 29.6 Å². The number of carbonyl (C=O) groups is 1. The summed E-state index contributed by atoms with van der Waals surface area (Å²) in [5.41, 5.74) is 7.41. The van der Waals surface area contributed by atoms with E-state index in [-0.39, 0.29) is 11.8 Å². The van der Waals surface area contributed by atoms with E-state index in [0.29, 0.717) is 0 Å². The number of benzene rings is 1. The summed E-state index contributed by atoms with van der Waals surface area (Å²) in [5, 5.41) is 6.26. The lowest BCUT2D eigenvalue weighted by Gasteiger charge is -2.29. The van der Waals surface area contributed by atoms with Gasteiger partial charge in [-0.1, -0.05) is 0 Å². The molecule has 0 bridgehead atoms. The minimum Gasteiger partial charge on any atom is -0.497 e. The monoisotopic (exact) mass is 346 g/mol. The Morgan fingerprint density at radius 3 is 2.71 bits per heavy atom. The summed E-state index contributed by atoms with van der Waals surface area (Å²) < 4.78 is 5.16. The first-order valence-corrected chi connectivity index (χ1v) is 8.89. The Hall–Kier alpha value is -2.12. The van der Waals surface area contributed by atoms with Crippen LogP contribution in [-0.2, 0) is 11.3 Å². The zero-order chi connectivity index (χ0) is 16.9. The first kappa shape index (κ1) is 16.7. The maximum absolute atomic E-state index is 11.2.